The first kappa shape index (κ1) is 16.0. The van der Waals surface area contributed by atoms with Crippen molar-refractivity contribution in [2.75, 3.05) is 13.1 Å². The summed E-state index contributed by atoms with van der Waals surface area (Å²) < 4.78 is 5.32. The van der Waals surface area contributed by atoms with Crippen molar-refractivity contribution in [2.45, 2.75) is 20.0 Å². The maximum atomic E-state index is 12.6. The van der Waals surface area contributed by atoms with E-state index in [4.69, 9.17) is 4.74 Å². The molecular weight excluding hydrogens is 306 g/mol. The van der Waals surface area contributed by atoms with E-state index < -0.39 is 6.09 Å². The predicted octanol–water partition coefficient (Wildman–Crippen LogP) is 2.79. The lowest BCUT2D eigenvalue weighted by atomic mass is 10.2. The summed E-state index contributed by atoms with van der Waals surface area (Å²) in [5.74, 6) is -0.239. The van der Waals surface area contributed by atoms with E-state index in [0.717, 1.165) is 17.7 Å². The monoisotopic (exact) mass is 325 g/mol. The van der Waals surface area contributed by atoms with E-state index in [1.807, 2.05) is 37.3 Å². The number of pyridine rings is 1. The molecule has 1 saturated heterocycles. The summed E-state index contributed by atoms with van der Waals surface area (Å²) >= 11 is 0. The lowest BCUT2D eigenvalue weighted by molar-refractivity contribution is 0.0110. The van der Waals surface area contributed by atoms with Gasteiger partial charge < -0.3 is 4.74 Å². The van der Waals surface area contributed by atoms with E-state index in [2.05, 4.69) is 4.98 Å². The van der Waals surface area contributed by atoms with Crippen LogP contribution in [0.4, 0.5) is 4.79 Å². The van der Waals surface area contributed by atoms with Crippen LogP contribution in [0.3, 0.4) is 0 Å². The number of nitrogens with zero attached hydrogens (tertiary/aromatic N) is 3. The molecular formula is C18H19N3O3. The molecule has 0 saturated carbocycles. The van der Waals surface area contributed by atoms with Gasteiger partial charge in [-0.25, -0.2) is 14.8 Å². The molecule has 124 valence electrons. The van der Waals surface area contributed by atoms with Crippen LogP contribution < -0.4 is 0 Å². The normalized spacial score (nSPS) is 13.9. The number of hydrogen-bond acceptors (Lipinski definition) is 4. The smallest absolute Gasteiger partial charge is 0.429 e. The van der Waals surface area contributed by atoms with Gasteiger partial charge in [-0.3, -0.25) is 9.78 Å². The maximum Gasteiger partial charge on any atom is 0.429 e. The molecule has 0 N–H and O–H groups in total. The Morgan fingerprint density at radius 2 is 1.83 bits per heavy atom. The maximum absolute atomic E-state index is 12.6. The van der Waals surface area contributed by atoms with Gasteiger partial charge in [0.2, 0.25) is 0 Å². The topological polar surface area (TPSA) is 62.7 Å². The van der Waals surface area contributed by atoms with Crippen LogP contribution in [0.15, 0.2) is 48.7 Å². The minimum absolute atomic E-state index is 0.185. The van der Waals surface area contributed by atoms with Crippen molar-refractivity contribution in [2.24, 2.45) is 0 Å². The number of hydrazine groups is 1. The molecule has 1 aromatic carbocycles. The lowest BCUT2D eigenvalue weighted by Gasteiger charge is -2.27. The molecule has 0 spiro atoms. The molecule has 1 aromatic heterocycles. The van der Waals surface area contributed by atoms with E-state index >= 15 is 0 Å². The number of hydrogen-bond donors (Lipinski definition) is 0. The van der Waals surface area contributed by atoms with Crippen LogP contribution >= 0.6 is 0 Å². The van der Waals surface area contributed by atoms with Crippen molar-refractivity contribution < 1.29 is 14.3 Å². The number of ether oxygens (including phenoxy) is 1. The molecule has 0 atom stereocenters. The highest BCUT2D eigenvalue weighted by molar-refractivity contribution is 5.94. The second-order valence-corrected chi connectivity index (χ2v) is 5.63. The molecule has 0 unspecified atom stereocenters. The summed E-state index contributed by atoms with van der Waals surface area (Å²) in [6.45, 7) is 3.01. The van der Waals surface area contributed by atoms with Crippen molar-refractivity contribution in [3.63, 3.8) is 0 Å². The summed E-state index contributed by atoms with van der Waals surface area (Å²) in [4.78, 5) is 29.0. The third-order valence-electron chi connectivity index (χ3n) is 3.84. The van der Waals surface area contributed by atoms with Crippen LogP contribution in [0.1, 0.15) is 28.0 Å². The first-order valence-corrected chi connectivity index (χ1v) is 7.88. The third kappa shape index (κ3) is 3.53. The van der Waals surface area contributed by atoms with Crippen molar-refractivity contribution in [3.05, 3.63) is 65.5 Å². The van der Waals surface area contributed by atoms with E-state index in [1.165, 1.54) is 16.2 Å². The Bertz CT molecular complexity index is 716. The number of carbonyl (C=O) groups is 2. The molecule has 1 fully saturated rings. The fourth-order valence-electron chi connectivity index (χ4n) is 2.55. The minimum atomic E-state index is -0.509. The summed E-state index contributed by atoms with van der Waals surface area (Å²) in [6, 6.07) is 13.0. The standard InChI is InChI=1S/C18H19N3O3/c1-14-8-9-16(12-19-14)17(22)20-10-5-11-21(20)18(23)24-13-15-6-3-2-4-7-15/h2-4,6-9,12H,5,10-11,13H2,1H3. The number of rotatable bonds is 3. The molecule has 2 heterocycles. The number of aromatic nitrogens is 1. The average Bonchev–Trinajstić information content (AvgIpc) is 3.10. The Balaban J connectivity index is 1.65. The van der Waals surface area contributed by atoms with Crippen molar-refractivity contribution in [3.8, 4) is 0 Å². The molecule has 0 radical (unpaired) electrons. The zero-order valence-electron chi connectivity index (χ0n) is 13.5. The molecule has 0 bridgehead atoms. The number of aryl methyl sites for hydroxylation is 1. The lowest BCUT2D eigenvalue weighted by Crippen LogP contribution is -2.45. The first-order chi connectivity index (χ1) is 11.6. The Kier molecular flexibility index (Phi) is 4.74. The van der Waals surface area contributed by atoms with Gasteiger partial charge in [0.1, 0.15) is 6.61 Å². The molecule has 0 aliphatic carbocycles. The van der Waals surface area contributed by atoms with Gasteiger partial charge in [-0.2, -0.15) is 0 Å². The van der Waals surface area contributed by atoms with Gasteiger partial charge in [-0.1, -0.05) is 30.3 Å². The first-order valence-electron chi connectivity index (χ1n) is 7.88. The molecule has 6 nitrogen and oxygen atoms in total. The van der Waals surface area contributed by atoms with E-state index in [1.54, 1.807) is 12.1 Å². The van der Waals surface area contributed by atoms with Gasteiger partial charge in [-0.15, -0.1) is 0 Å². The predicted molar refractivity (Wildman–Crippen MR) is 88.0 cm³/mol. The molecule has 2 aromatic rings. The van der Waals surface area contributed by atoms with Gasteiger partial charge in [0, 0.05) is 25.0 Å². The Morgan fingerprint density at radius 1 is 1.08 bits per heavy atom. The highest BCUT2D eigenvalue weighted by atomic mass is 16.6. The van der Waals surface area contributed by atoms with Gasteiger partial charge in [0.15, 0.2) is 0 Å². The van der Waals surface area contributed by atoms with Crippen molar-refractivity contribution in [1.29, 1.82) is 0 Å². The SMILES string of the molecule is Cc1ccc(C(=O)N2CCCN2C(=O)OCc2ccccc2)cn1. The van der Waals surface area contributed by atoms with Gasteiger partial charge in [0.25, 0.3) is 5.91 Å². The van der Waals surface area contributed by atoms with Crippen LogP contribution in [0.5, 0.6) is 0 Å². The Labute approximate surface area is 140 Å². The number of benzene rings is 1. The molecule has 6 heteroatoms. The van der Waals surface area contributed by atoms with Gasteiger partial charge in [0.05, 0.1) is 5.56 Å². The van der Waals surface area contributed by atoms with Crippen LogP contribution in [0.2, 0.25) is 0 Å². The molecule has 1 aliphatic heterocycles. The van der Waals surface area contributed by atoms with Crippen LogP contribution in [0.25, 0.3) is 0 Å². The highest BCUT2D eigenvalue weighted by Gasteiger charge is 2.32. The summed E-state index contributed by atoms with van der Waals surface area (Å²) in [7, 11) is 0. The van der Waals surface area contributed by atoms with Crippen molar-refractivity contribution >= 4 is 12.0 Å². The van der Waals surface area contributed by atoms with Crippen LogP contribution in [-0.4, -0.2) is 40.1 Å². The van der Waals surface area contributed by atoms with Crippen LogP contribution in [0, 0.1) is 6.92 Å². The quantitative estimate of drug-likeness (QED) is 0.870. The van der Waals surface area contributed by atoms with E-state index in [9.17, 15) is 9.59 Å². The Morgan fingerprint density at radius 3 is 2.54 bits per heavy atom. The number of amides is 2. The highest BCUT2D eigenvalue weighted by Crippen LogP contribution is 2.17. The second-order valence-electron chi connectivity index (χ2n) is 5.63. The summed E-state index contributed by atoms with van der Waals surface area (Å²) in [6.07, 6.45) is 1.75. The fraction of sp³-hybridized carbons (Fsp3) is 0.278. The minimum Gasteiger partial charge on any atom is -0.443 e. The fourth-order valence-corrected chi connectivity index (χ4v) is 2.55. The zero-order chi connectivity index (χ0) is 16.9. The molecule has 2 amide bonds. The van der Waals surface area contributed by atoms with E-state index in [0.29, 0.717) is 18.7 Å². The van der Waals surface area contributed by atoms with Crippen LogP contribution in [-0.2, 0) is 11.3 Å². The largest absolute Gasteiger partial charge is 0.443 e. The van der Waals surface area contributed by atoms with Crippen molar-refractivity contribution in [1.82, 2.24) is 15.0 Å². The number of carbonyl (C=O) groups excluding carboxylic acids is 2. The summed E-state index contributed by atoms with van der Waals surface area (Å²) in [5.41, 5.74) is 2.21. The van der Waals surface area contributed by atoms with Gasteiger partial charge in [-0.05, 0) is 31.0 Å². The molecule has 3 rings (SSSR count). The summed E-state index contributed by atoms with van der Waals surface area (Å²) in [5, 5.41) is 2.80. The molecule has 1 aliphatic rings. The molecule has 24 heavy (non-hydrogen) atoms. The second kappa shape index (κ2) is 7.12. The third-order valence-corrected chi connectivity index (χ3v) is 3.84. The van der Waals surface area contributed by atoms with Gasteiger partial charge >= 0.3 is 6.09 Å². The Hall–Kier alpha value is -2.89. The zero-order valence-corrected chi connectivity index (χ0v) is 13.5. The van der Waals surface area contributed by atoms with E-state index in [-0.39, 0.29) is 12.5 Å². The average molecular weight is 325 g/mol.